The average Bonchev–Trinajstić information content (AvgIpc) is 2.36. The maximum atomic E-state index is 11.5. The highest BCUT2D eigenvalue weighted by molar-refractivity contribution is 5.89. The summed E-state index contributed by atoms with van der Waals surface area (Å²) in [5.74, 6) is -0.773. The highest BCUT2D eigenvalue weighted by Crippen LogP contribution is 2.08. The smallest absolute Gasteiger partial charge is 0.319 e. The highest BCUT2D eigenvalue weighted by Gasteiger charge is 2.01. The normalized spacial score (nSPS) is 9.95. The van der Waals surface area contributed by atoms with E-state index in [9.17, 15) is 9.59 Å². The third-order valence-corrected chi connectivity index (χ3v) is 2.66. The summed E-state index contributed by atoms with van der Waals surface area (Å²) in [6, 6.07) is 7.33. The second-order valence-corrected chi connectivity index (χ2v) is 4.45. The molecule has 5 nitrogen and oxygen atoms in total. The molecule has 0 spiro atoms. The van der Waals surface area contributed by atoms with Crippen molar-refractivity contribution in [3.05, 3.63) is 29.8 Å². The quantitative estimate of drug-likeness (QED) is 0.662. The molecule has 2 amide bonds. The van der Waals surface area contributed by atoms with Crippen LogP contribution in [0.15, 0.2) is 24.3 Å². The summed E-state index contributed by atoms with van der Waals surface area (Å²) in [6.45, 7) is 2.54. The molecule has 0 saturated heterocycles. The van der Waals surface area contributed by atoms with Crippen molar-refractivity contribution in [1.29, 1.82) is 0 Å². The molecule has 0 aromatic heterocycles. The molecule has 1 aromatic carbocycles. The maximum Gasteiger partial charge on any atom is 0.319 e. The van der Waals surface area contributed by atoms with E-state index >= 15 is 0 Å². The van der Waals surface area contributed by atoms with Gasteiger partial charge in [0.2, 0.25) is 0 Å². The van der Waals surface area contributed by atoms with E-state index in [2.05, 4.69) is 10.6 Å². The van der Waals surface area contributed by atoms with Gasteiger partial charge in [-0.3, -0.25) is 4.79 Å². The van der Waals surface area contributed by atoms with Crippen molar-refractivity contribution >= 4 is 17.7 Å². The Kier molecular flexibility index (Phi) is 6.43. The zero-order valence-electron chi connectivity index (χ0n) is 11.1. The van der Waals surface area contributed by atoms with E-state index in [1.165, 1.54) is 0 Å². The van der Waals surface area contributed by atoms with Crippen LogP contribution in [0.2, 0.25) is 0 Å². The minimum Gasteiger partial charge on any atom is -0.481 e. The van der Waals surface area contributed by atoms with Crippen molar-refractivity contribution in [2.75, 3.05) is 11.9 Å². The summed E-state index contributed by atoms with van der Waals surface area (Å²) in [4.78, 5) is 21.8. The average molecular weight is 264 g/mol. The lowest BCUT2D eigenvalue weighted by atomic mass is 10.2. The topological polar surface area (TPSA) is 78.4 Å². The molecule has 0 aliphatic carbocycles. The van der Waals surface area contributed by atoms with Crippen LogP contribution in [-0.2, 0) is 4.79 Å². The number of carbonyl (C=O) groups excluding carboxylic acids is 1. The molecule has 0 unspecified atom stereocenters. The third kappa shape index (κ3) is 7.08. The van der Waals surface area contributed by atoms with E-state index in [1.807, 2.05) is 31.2 Å². The Labute approximate surface area is 113 Å². The van der Waals surface area contributed by atoms with Crippen LogP contribution in [0.3, 0.4) is 0 Å². The number of carboxylic acids is 1. The van der Waals surface area contributed by atoms with Gasteiger partial charge in [-0.1, -0.05) is 24.1 Å². The Morgan fingerprint density at radius 1 is 1.11 bits per heavy atom. The van der Waals surface area contributed by atoms with E-state index in [1.54, 1.807) is 0 Å². The standard InChI is InChI=1S/C14H20N2O3/c1-11-6-8-12(9-7-11)16-14(19)15-10-4-2-3-5-13(17)18/h6-9H,2-5,10H2,1H3,(H,17,18)(H2,15,16,19). The van der Waals surface area contributed by atoms with Crippen molar-refractivity contribution in [2.24, 2.45) is 0 Å². The van der Waals surface area contributed by atoms with E-state index in [0.717, 1.165) is 24.1 Å². The van der Waals surface area contributed by atoms with Gasteiger partial charge >= 0.3 is 12.0 Å². The molecular weight excluding hydrogens is 244 g/mol. The van der Waals surface area contributed by atoms with Gasteiger partial charge in [-0.15, -0.1) is 0 Å². The molecule has 0 bridgehead atoms. The second-order valence-electron chi connectivity index (χ2n) is 4.45. The third-order valence-electron chi connectivity index (χ3n) is 2.66. The number of aryl methyl sites for hydroxylation is 1. The molecule has 5 heteroatoms. The predicted molar refractivity (Wildman–Crippen MR) is 74.3 cm³/mol. The number of urea groups is 1. The van der Waals surface area contributed by atoms with Crippen molar-refractivity contribution in [3.8, 4) is 0 Å². The number of rotatable bonds is 7. The number of amides is 2. The minimum atomic E-state index is -0.773. The van der Waals surface area contributed by atoms with E-state index in [0.29, 0.717) is 13.0 Å². The predicted octanol–water partition coefficient (Wildman–Crippen LogP) is 2.76. The molecule has 0 radical (unpaired) electrons. The maximum absolute atomic E-state index is 11.5. The van der Waals surface area contributed by atoms with Gasteiger partial charge in [0.15, 0.2) is 0 Å². The van der Waals surface area contributed by atoms with E-state index < -0.39 is 5.97 Å². The summed E-state index contributed by atoms with van der Waals surface area (Å²) in [5.41, 5.74) is 1.90. The van der Waals surface area contributed by atoms with Gasteiger partial charge in [-0.05, 0) is 31.9 Å². The molecule has 0 atom stereocenters. The largest absolute Gasteiger partial charge is 0.481 e. The number of unbranched alkanes of at least 4 members (excludes halogenated alkanes) is 2. The molecule has 0 aliphatic rings. The molecular formula is C14H20N2O3. The summed E-state index contributed by atoms with van der Waals surface area (Å²) in [7, 11) is 0. The first-order valence-corrected chi connectivity index (χ1v) is 6.41. The van der Waals surface area contributed by atoms with Gasteiger partial charge in [0.1, 0.15) is 0 Å². The fourth-order valence-electron chi connectivity index (χ4n) is 1.59. The van der Waals surface area contributed by atoms with Crippen LogP contribution < -0.4 is 10.6 Å². The molecule has 1 rings (SSSR count). The lowest BCUT2D eigenvalue weighted by Gasteiger charge is -2.07. The van der Waals surface area contributed by atoms with Gasteiger partial charge < -0.3 is 15.7 Å². The van der Waals surface area contributed by atoms with E-state index in [4.69, 9.17) is 5.11 Å². The molecule has 0 heterocycles. The lowest BCUT2D eigenvalue weighted by Crippen LogP contribution is -2.29. The molecule has 0 saturated carbocycles. The molecule has 3 N–H and O–H groups in total. The summed E-state index contributed by atoms with van der Waals surface area (Å²) < 4.78 is 0. The van der Waals surface area contributed by atoms with Gasteiger partial charge in [-0.2, -0.15) is 0 Å². The van der Waals surface area contributed by atoms with Gasteiger partial charge in [0.05, 0.1) is 0 Å². The number of benzene rings is 1. The highest BCUT2D eigenvalue weighted by atomic mass is 16.4. The second kappa shape index (κ2) is 8.13. The number of nitrogens with one attached hydrogen (secondary N) is 2. The van der Waals surface area contributed by atoms with Crippen LogP contribution in [0.5, 0.6) is 0 Å². The van der Waals surface area contributed by atoms with Crippen LogP contribution in [0.25, 0.3) is 0 Å². The Morgan fingerprint density at radius 3 is 2.42 bits per heavy atom. The molecule has 104 valence electrons. The lowest BCUT2D eigenvalue weighted by molar-refractivity contribution is -0.137. The van der Waals surface area contributed by atoms with Crippen molar-refractivity contribution in [3.63, 3.8) is 0 Å². The molecule has 1 aromatic rings. The number of carboxylic acid groups (broad SMARTS) is 1. The monoisotopic (exact) mass is 264 g/mol. The Bertz CT molecular complexity index is 415. The van der Waals surface area contributed by atoms with Crippen LogP contribution in [0, 0.1) is 6.92 Å². The summed E-state index contributed by atoms with van der Waals surface area (Å²) in [6.07, 6.45) is 2.43. The molecule has 0 aliphatic heterocycles. The van der Waals surface area contributed by atoms with E-state index in [-0.39, 0.29) is 12.5 Å². The van der Waals surface area contributed by atoms with Crippen LogP contribution in [0.1, 0.15) is 31.2 Å². The number of carbonyl (C=O) groups is 2. The first kappa shape index (κ1) is 15.0. The van der Waals surface area contributed by atoms with Crippen molar-refractivity contribution in [1.82, 2.24) is 5.32 Å². The van der Waals surface area contributed by atoms with Gasteiger partial charge in [0.25, 0.3) is 0 Å². The van der Waals surface area contributed by atoms with Crippen molar-refractivity contribution < 1.29 is 14.7 Å². The zero-order chi connectivity index (χ0) is 14.1. The molecule has 19 heavy (non-hydrogen) atoms. The first-order valence-electron chi connectivity index (χ1n) is 6.41. The van der Waals surface area contributed by atoms with Gasteiger partial charge in [0, 0.05) is 18.7 Å². The number of anilines is 1. The Morgan fingerprint density at radius 2 is 1.79 bits per heavy atom. The summed E-state index contributed by atoms with van der Waals surface area (Å²) >= 11 is 0. The van der Waals surface area contributed by atoms with Gasteiger partial charge in [-0.25, -0.2) is 4.79 Å². The fraction of sp³-hybridized carbons (Fsp3) is 0.429. The summed E-state index contributed by atoms with van der Waals surface area (Å²) in [5, 5.41) is 13.9. The van der Waals surface area contributed by atoms with Crippen molar-refractivity contribution in [2.45, 2.75) is 32.6 Å². The number of hydrogen-bond acceptors (Lipinski definition) is 2. The number of hydrogen-bond donors (Lipinski definition) is 3. The van der Waals surface area contributed by atoms with Crippen LogP contribution in [-0.4, -0.2) is 23.7 Å². The zero-order valence-corrected chi connectivity index (χ0v) is 11.1. The Balaban J connectivity index is 2.11. The van der Waals surface area contributed by atoms with Crippen LogP contribution >= 0.6 is 0 Å². The fourth-order valence-corrected chi connectivity index (χ4v) is 1.59. The first-order chi connectivity index (χ1) is 9.08. The number of aliphatic carboxylic acids is 1. The minimum absolute atomic E-state index is 0.190. The SMILES string of the molecule is Cc1ccc(NC(=O)NCCCCCC(=O)O)cc1. The molecule has 0 fully saturated rings. The van der Waals surface area contributed by atoms with Crippen LogP contribution in [0.4, 0.5) is 10.5 Å². The Hall–Kier alpha value is -2.04.